The third-order valence-electron chi connectivity index (χ3n) is 7.82. The zero-order chi connectivity index (χ0) is 26.2. The van der Waals surface area contributed by atoms with Crippen LogP contribution < -0.4 is 10.6 Å². The number of hydrogen-bond acceptors (Lipinski definition) is 4. The molecule has 1 aliphatic carbocycles. The van der Waals surface area contributed by atoms with Gasteiger partial charge in [0.05, 0.1) is 0 Å². The number of halogens is 3. The van der Waals surface area contributed by atoms with Gasteiger partial charge in [0.2, 0.25) is 5.91 Å². The summed E-state index contributed by atoms with van der Waals surface area (Å²) < 4.78 is 40.1. The molecule has 0 spiro atoms. The fraction of sp³-hybridized carbons (Fsp3) is 0.464. The second-order valence-electron chi connectivity index (χ2n) is 10.3. The topological polar surface area (TPSA) is 74.3 Å². The van der Waals surface area contributed by atoms with Crippen LogP contribution in [-0.2, 0) is 30.5 Å². The number of nitrogens with zero attached hydrogens (tertiary/aromatic N) is 2. The molecule has 37 heavy (non-hydrogen) atoms. The highest BCUT2D eigenvalue weighted by Crippen LogP contribution is 2.33. The Kier molecular flexibility index (Phi) is 7.07. The third kappa shape index (κ3) is 5.42. The Morgan fingerprint density at radius 2 is 1.95 bits per heavy atom. The van der Waals surface area contributed by atoms with Gasteiger partial charge in [-0.25, -0.2) is 0 Å². The summed E-state index contributed by atoms with van der Waals surface area (Å²) in [6.07, 6.45) is 2.72. The number of piperidine rings is 1. The van der Waals surface area contributed by atoms with Crippen molar-refractivity contribution < 1.29 is 22.8 Å². The van der Waals surface area contributed by atoms with Crippen LogP contribution in [0.4, 0.5) is 13.2 Å². The highest BCUT2D eigenvalue weighted by atomic mass is 19.4. The molecule has 1 unspecified atom stereocenters. The summed E-state index contributed by atoms with van der Waals surface area (Å²) in [5.41, 5.74) is 2.66. The van der Waals surface area contributed by atoms with Crippen molar-refractivity contribution in [3.05, 3.63) is 76.8 Å². The zero-order valence-electron chi connectivity index (χ0n) is 20.6. The first kappa shape index (κ1) is 25.4. The number of benzene rings is 1. The molecule has 9 heteroatoms. The van der Waals surface area contributed by atoms with Crippen molar-refractivity contribution in [2.75, 3.05) is 0 Å². The molecule has 3 aliphatic rings. The first-order chi connectivity index (χ1) is 17.7. The van der Waals surface area contributed by atoms with Crippen LogP contribution in [0.3, 0.4) is 0 Å². The van der Waals surface area contributed by atoms with Crippen LogP contribution in [0.15, 0.2) is 48.8 Å². The molecule has 1 aromatic heterocycles. The number of hydrogen-bond donors (Lipinski definition) is 2. The second-order valence-corrected chi connectivity index (χ2v) is 10.3. The smallest absolute Gasteiger partial charge is 0.329 e. The average molecular weight is 513 g/mol. The van der Waals surface area contributed by atoms with Crippen LogP contribution >= 0.6 is 0 Å². The van der Waals surface area contributed by atoms with Crippen molar-refractivity contribution in [1.82, 2.24) is 20.5 Å². The third-order valence-corrected chi connectivity index (χ3v) is 7.82. The Labute approximate surface area is 214 Å². The second kappa shape index (κ2) is 10.3. The summed E-state index contributed by atoms with van der Waals surface area (Å²) in [6, 6.07) is 8.50. The van der Waals surface area contributed by atoms with E-state index in [9.17, 15) is 22.8 Å². The summed E-state index contributed by atoms with van der Waals surface area (Å²) in [6.45, 7) is 4.33. The van der Waals surface area contributed by atoms with Crippen LogP contribution in [0.1, 0.15) is 71.3 Å². The highest BCUT2D eigenvalue weighted by molar-refractivity contribution is 6.01. The lowest BCUT2D eigenvalue weighted by Gasteiger charge is -2.33. The number of amides is 2. The lowest BCUT2D eigenvalue weighted by molar-refractivity contribution is -0.141. The van der Waals surface area contributed by atoms with Crippen molar-refractivity contribution in [3.8, 4) is 0 Å². The highest BCUT2D eigenvalue weighted by Gasteiger charge is 2.38. The predicted molar refractivity (Wildman–Crippen MR) is 132 cm³/mol. The number of rotatable bonds is 6. The Balaban J connectivity index is 1.26. The quantitative estimate of drug-likeness (QED) is 0.587. The summed E-state index contributed by atoms with van der Waals surface area (Å²) in [5, 5.41) is 6.14. The lowest BCUT2D eigenvalue weighted by Crippen LogP contribution is -2.49. The Morgan fingerprint density at radius 3 is 2.73 bits per heavy atom. The number of carbonyl (C=O) groups is 2. The molecule has 3 heterocycles. The van der Waals surface area contributed by atoms with Gasteiger partial charge < -0.3 is 15.5 Å². The predicted octanol–water partition coefficient (Wildman–Crippen LogP) is 4.74. The number of fused-ring (bicyclic) bond motifs is 1. The van der Waals surface area contributed by atoms with Crippen molar-refractivity contribution >= 4 is 11.8 Å². The van der Waals surface area contributed by atoms with Crippen LogP contribution in [-0.4, -0.2) is 33.8 Å². The van der Waals surface area contributed by atoms with Crippen molar-refractivity contribution in [2.24, 2.45) is 5.92 Å². The molecule has 0 bridgehead atoms. The Bertz CT molecular complexity index is 1210. The minimum Gasteiger partial charge on any atom is -0.329 e. The van der Waals surface area contributed by atoms with E-state index in [4.69, 9.17) is 0 Å². The molecule has 2 aromatic rings. The maximum atomic E-state index is 13.4. The van der Waals surface area contributed by atoms with E-state index in [2.05, 4.69) is 28.3 Å². The molecule has 2 aliphatic heterocycles. The van der Waals surface area contributed by atoms with E-state index in [1.807, 2.05) is 12.1 Å². The van der Waals surface area contributed by atoms with E-state index in [-0.39, 0.29) is 35.9 Å². The van der Waals surface area contributed by atoms with Gasteiger partial charge >= 0.3 is 6.18 Å². The summed E-state index contributed by atoms with van der Waals surface area (Å²) >= 11 is 0. The summed E-state index contributed by atoms with van der Waals surface area (Å²) in [4.78, 5) is 30.7. The fourth-order valence-electron chi connectivity index (χ4n) is 5.94. The number of pyridine rings is 1. The maximum absolute atomic E-state index is 13.4. The molecule has 3 atom stereocenters. The van der Waals surface area contributed by atoms with Gasteiger partial charge in [-0.3, -0.25) is 14.6 Å². The molecular formula is C28H31F3N4O2. The minimum atomic E-state index is -4.48. The van der Waals surface area contributed by atoms with Gasteiger partial charge in [-0.2, -0.15) is 13.2 Å². The van der Waals surface area contributed by atoms with E-state index in [1.54, 1.807) is 4.90 Å². The number of nitrogens with one attached hydrogen (secondary N) is 2. The molecule has 1 aromatic carbocycles. The molecular weight excluding hydrogens is 481 g/mol. The van der Waals surface area contributed by atoms with Gasteiger partial charge in [-0.05, 0) is 66.8 Å². The first-order valence-electron chi connectivity index (χ1n) is 12.9. The molecule has 5 rings (SSSR count). The number of carbonyl (C=O) groups excluding carboxylic acids is 2. The van der Waals surface area contributed by atoms with E-state index in [0.29, 0.717) is 30.6 Å². The van der Waals surface area contributed by atoms with Crippen molar-refractivity contribution in [2.45, 2.75) is 76.3 Å². The molecule has 2 fully saturated rings. The standard InChI is InChI=1S/C28H31F3N4O2/c1-17-8-11-24(26(36)34-17)35-16-21-14-18(9-10-22(21)27(35)37)13-19-5-2-3-7-23(19)33-15-20-6-4-12-32-25(20)28(29,30)31/h4,6,9-10,12,14,19,23-24,33H,1-3,5,7-8,11,13,15-16H2,(H,34,36)/t19-,23+,24?/m1/s1. The van der Waals surface area contributed by atoms with E-state index >= 15 is 0 Å². The zero-order valence-corrected chi connectivity index (χ0v) is 20.6. The molecule has 6 nitrogen and oxygen atoms in total. The molecule has 2 amide bonds. The lowest BCUT2D eigenvalue weighted by atomic mass is 9.80. The molecule has 0 radical (unpaired) electrons. The number of alkyl halides is 3. The van der Waals surface area contributed by atoms with Crippen LogP contribution in [0, 0.1) is 5.92 Å². The Morgan fingerprint density at radius 1 is 1.14 bits per heavy atom. The summed E-state index contributed by atoms with van der Waals surface area (Å²) in [5.74, 6) is -0.0273. The van der Waals surface area contributed by atoms with Crippen LogP contribution in [0.2, 0.25) is 0 Å². The van der Waals surface area contributed by atoms with E-state index in [1.165, 1.54) is 18.3 Å². The minimum absolute atomic E-state index is 0.0976. The average Bonchev–Trinajstić information content (AvgIpc) is 3.18. The maximum Gasteiger partial charge on any atom is 0.433 e. The fourth-order valence-corrected chi connectivity index (χ4v) is 5.94. The van der Waals surface area contributed by atoms with Gasteiger partial charge in [0.15, 0.2) is 0 Å². The molecule has 196 valence electrons. The first-order valence-corrected chi connectivity index (χ1v) is 12.9. The number of aromatic nitrogens is 1. The SMILES string of the molecule is C=C1CCC(N2Cc3cc(C[C@H]4CCCC[C@@H]4NCc4cccnc4C(F)(F)F)ccc3C2=O)C(=O)N1. The molecule has 1 saturated heterocycles. The van der Waals surface area contributed by atoms with Gasteiger partial charge in [0.1, 0.15) is 11.7 Å². The van der Waals surface area contributed by atoms with Gasteiger partial charge in [-0.15, -0.1) is 0 Å². The van der Waals surface area contributed by atoms with Gasteiger partial charge in [0.25, 0.3) is 5.91 Å². The Hall–Kier alpha value is -3.20. The van der Waals surface area contributed by atoms with Crippen LogP contribution in [0.25, 0.3) is 0 Å². The van der Waals surface area contributed by atoms with Gasteiger partial charge in [0, 0.05) is 36.6 Å². The normalized spacial score (nSPS) is 24.2. The van der Waals surface area contributed by atoms with Crippen molar-refractivity contribution in [1.29, 1.82) is 0 Å². The molecule has 1 saturated carbocycles. The summed E-state index contributed by atoms with van der Waals surface area (Å²) in [7, 11) is 0. The number of allylic oxidation sites excluding steroid dienone is 1. The van der Waals surface area contributed by atoms with Crippen molar-refractivity contribution in [3.63, 3.8) is 0 Å². The molecule has 2 N–H and O–H groups in total. The van der Waals surface area contributed by atoms with Crippen LogP contribution in [0.5, 0.6) is 0 Å². The monoisotopic (exact) mass is 512 g/mol. The largest absolute Gasteiger partial charge is 0.433 e. The van der Waals surface area contributed by atoms with Gasteiger partial charge in [-0.1, -0.05) is 37.6 Å². The van der Waals surface area contributed by atoms with E-state index in [0.717, 1.165) is 43.2 Å². The van der Waals surface area contributed by atoms with E-state index < -0.39 is 17.9 Å².